The normalized spacial score (nSPS) is 14.2. The number of benzene rings is 3. The van der Waals surface area contributed by atoms with Crippen LogP contribution in [-0.2, 0) is 11.3 Å². The first kappa shape index (κ1) is 23.5. The molecule has 182 valence electrons. The SMILES string of the molecule is O=C(O)c1cccc(CN2C(=O)C(=Cc3ccc(-c4ccc([N+](=O)[O-])cc4)o3)C=C2c2ccccc2)c1. The first-order valence-electron chi connectivity index (χ1n) is 11.4. The number of nitro groups is 1. The monoisotopic (exact) mass is 492 g/mol. The molecule has 37 heavy (non-hydrogen) atoms. The number of non-ortho nitro benzene ring substituents is 1. The topological polar surface area (TPSA) is 114 Å². The van der Waals surface area contributed by atoms with Gasteiger partial charge in [-0.2, -0.15) is 0 Å². The Kier molecular flexibility index (Phi) is 6.22. The Balaban J connectivity index is 1.46. The van der Waals surface area contributed by atoms with E-state index in [4.69, 9.17) is 4.42 Å². The van der Waals surface area contributed by atoms with Gasteiger partial charge in [0.1, 0.15) is 11.5 Å². The summed E-state index contributed by atoms with van der Waals surface area (Å²) < 4.78 is 5.91. The number of nitrogens with zero attached hydrogens (tertiary/aromatic N) is 2. The Bertz CT molecular complexity index is 1570. The molecule has 4 aromatic rings. The number of carbonyl (C=O) groups excluding carboxylic acids is 1. The first-order chi connectivity index (χ1) is 17.9. The molecule has 8 heteroatoms. The number of hydrogen-bond donors (Lipinski definition) is 1. The van der Waals surface area contributed by atoms with E-state index in [1.165, 1.54) is 18.2 Å². The molecule has 8 nitrogen and oxygen atoms in total. The van der Waals surface area contributed by atoms with Gasteiger partial charge in [0.15, 0.2) is 0 Å². The fourth-order valence-corrected chi connectivity index (χ4v) is 4.13. The molecule has 0 spiro atoms. The Morgan fingerprint density at radius 2 is 1.70 bits per heavy atom. The molecule has 1 aliphatic heterocycles. The number of hydrogen-bond acceptors (Lipinski definition) is 5. The minimum Gasteiger partial charge on any atom is -0.478 e. The van der Waals surface area contributed by atoms with Crippen molar-refractivity contribution >= 4 is 29.3 Å². The van der Waals surface area contributed by atoms with Crippen LogP contribution in [0.1, 0.15) is 27.2 Å². The lowest BCUT2D eigenvalue weighted by atomic mass is 10.1. The summed E-state index contributed by atoms with van der Waals surface area (Å²) in [5.74, 6) is -0.305. The van der Waals surface area contributed by atoms with E-state index in [9.17, 15) is 24.8 Å². The third-order valence-electron chi connectivity index (χ3n) is 5.95. The van der Waals surface area contributed by atoms with E-state index < -0.39 is 10.9 Å². The van der Waals surface area contributed by atoms with E-state index in [2.05, 4.69) is 0 Å². The van der Waals surface area contributed by atoms with Gasteiger partial charge in [0.25, 0.3) is 11.6 Å². The molecule has 0 fully saturated rings. The Hall–Kier alpha value is -5.24. The zero-order valence-electron chi connectivity index (χ0n) is 19.4. The van der Waals surface area contributed by atoms with Gasteiger partial charge in [0.05, 0.1) is 22.7 Å². The highest BCUT2D eigenvalue weighted by molar-refractivity contribution is 6.10. The molecule has 1 N–H and O–H groups in total. The predicted molar refractivity (Wildman–Crippen MR) is 137 cm³/mol. The number of carboxylic acids is 1. The molecular weight excluding hydrogens is 472 g/mol. The van der Waals surface area contributed by atoms with Gasteiger partial charge in [0, 0.05) is 23.3 Å². The summed E-state index contributed by atoms with van der Waals surface area (Å²) in [7, 11) is 0. The van der Waals surface area contributed by atoms with E-state index >= 15 is 0 Å². The molecule has 1 aliphatic rings. The Morgan fingerprint density at radius 3 is 2.41 bits per heavy atom. The van der Waals surface area contributed by atoms with Crippen molar-refractivity contribution in [3.63, 3.8) is 0 Å². The van der Waals surface area contributed by atoms with Crippen LogP contribution in [0.5, 0.6) is 0 Å². The van der Waals surface area contributed by atoms with Crippen molar-refractivity contribution < 1.29 is 24.0 Å². The van der Waals surface area contributed by atoms with E-state index in [0.717, 1.165) is 5.56 Å². The lowest BCUT2D eigenvalue weighted by molar-refractivity contribution is -0.384. The Morgan fingerprint density at radius 1 is 0.946 bits per heavy atom. The number of aromatic carboxylic acids is 1. The van der Waals surface area contributed by atoms with Gasteiger partial charge in [-0.25, -0.2) is 4.79 Å². The fourth-order valence-electron chi connectivity index (χ4n) is 4.13. The highest BCUT2D eigenvalue weighted by atomic mass is 16.6. The summed E-state index contributed by atoms with van der Waals surface area (Å²) >= 11 is 0. The maximum Gasteiger partial charge on any atom is 0.335 e. The van der Waals surface area contributed by atoms with Gasteiger partial charge in [-0.1, -0.05) is 42.5 Å². The average Bonchev–Trinajstić information content (AvgIpc) is 3.50. The molecule has 0 unspecified atom stereocenters. The van der Waals surface area contributed by atoms with Crippen LogP contribution in [0, 0.1) is 10.1 Å². The molecule has 0 bridgehead atoms. The number of nitro benzene ring substituents is 1. The van der Waals surface area contributed by atoms with Crippen LogP contribution in [0.25, 0.3) is 23.1 Å². The van der Waals surface area contributed by atoms with Gasteiger partial charge >= 0.3 is 5.97 Å². The number of carbonyl (C=O) groups is 2. The van der Waals surface area contributed by atoms with Gasteiger partial charge < -0.3 is 14.4 Å². The molecule has 0 radical (unpaired) electrons. The van der Waals surface area contributed by atoms with Crippen LogP contribution in [-0.4, -0.2) is 26.8 Å². The molecule has 0 saturated heterocycles. The van der Waals surface area contributed by atoms with E-state index in [0.29, 0.717) is 33.9 Å². The maximum absolute atomic E-state index is 13.5. The number of carboxylic acid groups (broad SMARTS) is 1. The quantitative estimate of drug-likeness (QED) is 0.192. The van der Waals surface area contributed by atoms with Gasteiger partial charge in [0.2, 0.25) is 0 Å². The fraction of sp³-hybridized carbons (Fsp3) is 0.0345. The van der Waals surface area contributed by atoms with E-state index in [1.807, 2.05) is 30.3 Å². The van der Waals surface area contributed by atoms with Crippen LogP contribution in [0.4, 0.5) is 5.69 Å². The van der Waals surface area contributed by atoms with Gasteiger partial charge in [-0.3, -0.25) is 14.9 Å². The minimum absolute atomic E-state index is 0.0123. The maximum atomic E-state index is 13.5. The summed E-state index contributed by atoms with van der Waals surface area (Å²) in [6.07, 6.45) is 3.43. The molecule has 2 heterocycles. The standard InChI is InChI=1S/C29H20N2O6/c32-28-23(16-25-13-14-27(37-25)21-9-11-24(12-10-21)31(35)36)17-26(20-6-2-1-3-7-20)30(28)18-19-5-4-8-22(15-19)29(33)34/h1-17H,18H2,(H,33,34). The molecule has 5 rings (SSSR count). The smallest absolute Gasteiger partial charge is 0.335 e. The zero-order chi connectivity index (χ0) is 25.9. The molecule has 0 atom stereocenters. The van der Waals surface area contributed by atoms with Gasteiger partial charge in [-0.15, -0.1) is 0 Å². The summed E-state index contributed by atoms with van der Waals surface area (Å²) in [5, 5.41) is 20.2. The Labute approximate surface area is 211 Å². The third-order valence-corrected chi connectivity index (χ3v) is 5.95. The first-order valence-corrected chi connectivity index (χ1v) is 11.4. The van der Waals surface area contributed by atoms with Crippen LogP contribution >= 0.6 is 0 Å². The molecule has 1 amide bonds. The number of furan rings is 1. The van der Waals surface area contributed by atoms with Gasteiger partial charge in [-0.05, 0) is 59.7 Å². The van der Waals surface area contributed by atoms with Crippen molar-refractivity contribution in [2.75, 3.05) is 0 Å². The molecule has 0 aliphatic carbocycles. The highest BCUT2D eigenvalue weighted by Gasteiger charge is 2.29. The number of rotatable bonds is 7. The van der Waals surface area contributed by atoms with E-state index in [1.54, 1.807) is 59.5 Å². The molecule has 3 aromatic carbocycles. The van der Waals surface area contributed by atoms with Crippen LogP contribution in [0.2, 0.25) is 0 Å². The van der Waals surface area contributed by atoms with Crippen molar-refractivity contribution in [3.05, 3.63) is 135 Å². The van der Waals surface area contributed by atoms with Crippen LogP contribution < -0.4 is 0 Å². The molecular formula is C29H20N2O6. The average molecular weight is 492 g/mol. The van der Waals surface area contributed by atoms with E-state index in [-0.39, 0.29) is 23.7 Å². The second-order valence-electron chi connectivity index (χ2n) is 8.40. The second kappa shape index (κ2) is 9.79. The van der Waals surface area contributed by atoms with Crippen molar-refractivity contribution in [1.29, 1.82) is 0 Å². The molecule has 0 saturated carbocycles. The summed E-state index contributed by atoms with van der Waals surface area (Å²) in [4.78, 5) is 36.9. The third kappa shape index (κ3) is 4.94. The predicted octanol–water partition coefficient (Wildman–Crippen LogP) is 6.02. The highest BCUT2D eigenvalue weighted by Crippen LogP contribution is 2.33. The van der Waals surface area contributed by atoms with Crippen LogP contribution in [0.15, 0.2) is 107 Å². The zero-order valence-corrected chi connectivity index (χ0v) is 19.4. The summed E-state index contributed by atoms with van der Waals surface area (Å²) in [5.41, 5.74) is 3.46. The lowest BCUT2D eigenvalue weighted by Gasteiger charge is -2.21. The number of amides is 1. The lowest BCUT2D eigenvalue weighted by Crippen LogP contribution is -2.25. The van der Waals surface area contributed by atoms with Crippen molar-refractivity contribution in [2.24, 2.45) is 0 Å². The van der Waals surface area contributed by atoms with Crippen molar-refractivity contribution in [2.45, 2.75) is 6.54 Å². The van der Waals surface area contributed by atoms with Crippen molar-refractivity contribution in [1.82, 2.24) is 4.90 Å². The largest absolute Gasteiger partial charge is 0.478 e. The minimum atomic E-state index is -1.03. The second-order valence-corrected chi connectivity index (χ2v) is 8.40. The summed E-state index contributed by atoms with van der Waals surface area (Å²) in [6.45, 7) is 0.199. The summed E-state index contributed by atoms with van der Waals surface area (Å²) in [6, 6.07) is 25.5. The molecule has 1 aromatic heterocycles. The van der Waals surface area contributed by atoms with Crippen molar-refractivity contribution in [3.8, 4) is 11.3 Å². The van der Waals surface area contributed by atoms with Crippen LogP contribution in [0.3, 0.4) is 0 Å².